The van der Waals surface area contributed by atoms with Crippen LogP contribution in [0.5, 0.6) is 5.75 Å². The van der Waals surface area contributed by atoms with Gasteiger partial charge >= 0.3 is 6.18 Å². The van der Waals surface area contributed by atoms with Crippen molar-refractivity contribution in [1.29, 1.82) is 5.26 Å². The largest absolute Gasteiger partial charge is 0.497 e. The zero-order valence-electron chi connectivity index (χ0n) is 16.4. The lowest BCUT2D eigenvalue weighted by molar-refractivity contribution is -0.138. The zero-order valence-corrected chi connectivity index (χ0v) is 18.0. The van der Waals surface area contributed by atoms with E-state index in [0.717, 1.165) is 11.8 Å². The molecule has 32 heavy (non-hydrogen) atoms. The SMILES string of the molecule is COc1ccc(-c2nc(SC(C)C(=O)Nc3nnc(C(F)(F)F)s3)[nH]c(=O)c2C#N)cc1. The lowest BCUT2D eigenvalue weighted by Crippen LogP contribution is -2.23. The van der Waals surface area contributed by atoms with E-state index in [1.54, 1.807) is 24.3 Å². The van der Waals surface area contributed by atoms with E-state index in [1.165, 1.54) is 14.0 Å². The van der Waals surface area contributed by atoms with Crippen LogP contribution < -0.4 is 15.6 Å². The molecule has 0 aliphatic carbocycles. The molecule has 0 fully saturated rings. The molecule has 1 aromatic carbocycles. The van der Waals surface area contributed by atoms with Crippen LogP contribution >= 0.6 is 23.1 Å². The monoisotopic (exact) mass is 482 g/mol. The van der Waals surface area contributed by atoms with Crippen molar-refractivity contribution < 1.29 is 22.7 Å². The first-order valence-electron chi connectivity index (χ1n) is 8.69. The Morgan fingerprint density at radius 2 is 2.00 bits per heavy atom. The number of halogens is 3. The number of anilines is 1. The number of rotatable bonds is 6. The summed E-state index contributed by atoms with van der Waals surface area (Å²) in [6.45, 7) is 1.47. The molecule has 1 unspecified atom stereocenters. The number of nitrogens with one attached hydrogen (secondary N) is 2. The molecule has 2 heterocycles. The number of methoxy groups -OCH3 is 1. The summed E-state index contributed by atoms with van der Waals surface area (Å²) in [6, 6.07) is 8.34. The Hall–Kier alpha value is -3.44. The Morgan fingerprint density at radius 1 is 1.31 bits per heavy atom. The molecule has 0 bridgehead atoms. The second-order valence-electron chi connectivity index (χ2n) is 6.09. The molecule has 3 rings (SSSR count). The van der Waals surface area contributed by atoms with Crippen molar-refractivity contribution in [2.75, 3.05) is 12.4 Å². The third-order valence-electron chi connectivity index (χ3n) is 3.93. The van der Waals surface area contributed by atoms with E-state index in [0.29, 0.717) is 11.3 Å². The Labute approximate surface area is 186 Å². The quantitative estimate of drug-likeness (QED) is 0.404. The van der Waals surface area contributed by atoms with Gasteiger partial charge < -0.3 is 9.72 Å². The summed E-state index contributed by atoms with van der Waals surface area (Å²) in [5.41, 5.74) is -0.290. The van der Waals surface area contributed by atoms with Crippen LogP contribution in [0.25, 0.3) is 11.3 Å². The number of aromatic amines is 1. The van der Waals surface area contributed by atoms with Crippen molar-refractivity contribution in [2.24, 2.45) is 0 Å². The molecular formula is C18H13F3N6O3S2. The number of carbonyl (C=O) groups excluding carboxylic acids is 1. The molecular weight excluding hydrogens is 469 g/mol. The molecule has 0 spiro atoms. The van der Waals surface area contributed by atoms with Crippen LogP contribution in [-0.4, -0.2) is 38.4 Å². The summed E-state index contributed by atoms with van der Waals surface area (Å²) in [6.07, 6.45) is -4.66. The van der Waals surface area contributed by atoms with Crippen LogP contribution in [0.15, 0.2) is 34.2 Å². The van der Waals surface area contributed by atoms with Crippen molar-refractivity contribution in [3.8, 4) is 23.1 Å². The summed E-state index contributed by atoms with van der Waals surface area (Å²) < 4.78 is 43.0. The smallest absolute Gasteiger partial charge is 0.445 e. The molecule has 0 saturated heterocycles. The minimum absolute atomic E-state index is 0.0516. The highest BCUT2D eigenvalue weighted by Gasteiger charge is 2.36. The number of carbonyl (C=O) groups is 1. The minimum Gasteiger partial charge on any atom is -0.497 e. The molecule has 9 nitrogen and oxygen atoms in total. The number of amides is 1. The minimum atomic E-state index is -4.66. The molecule has 1 atom stereocenters. The first-order chi connectivity index (χ1) is 15.1. The number of hydrogen-bond acceptors (Lipinski definition) is 9. The normalized spacial score (nSPS) is 12.1. The van der Waals surface area contributed by atoms with E-state index in [1.807, 2.05) is 6.07 Å². The molecule has 166 valence electrons. The van der Waals surface area contributed by atoms with Crippen LogP contribution in [0, 0.1) is 11.3 Å². The maximum atomic E-state index is 12.6. The van der Waals surface area contributed by atoms with Crippen LogP contribution in [0.3, 0.4) is 0 Å². The summed E-state index contributed by atoms with van der Waals surface area (Å²) in [4.78, 5) is 31.4. The van der Waals surface area contributed by atoms with Gasteiger partial charge in [0.05, 0.1) is 18.1 Å². The highest BCUT2D eigenvalue weighted by Crippen LogP contribution is 2.33. The number of aromatic nitrogens is 4. The summed E-state index contributed by atoms with van der Waals surface area (Å²) in [5, 5.41) is 15.6. The lowest BCUT2D eigenvalue weighted by atomic mass is 10.1. The van der Waals surface area contributed by atoms with Gasteiger partial charge in [-0.2, -0.15) is 18.4 Å². The van der Waals surface area contributed by atoms with E-state index >= 15 is 0 Å². The average molecular weight is 482 g/mol. The number of alkyl halides is 3. The third kappa shape index (κ3) is 5.24. The first-order valence-corrected chi connectivity index (χ1v) is 10.4. The van der Waals surface area contributed by atoms with Gasteiger partial charge in [0.15, 0.2) is 5.16 Å². The first kappa shape index (κ1) is 23.2. The third-order valence-corrected chi connectivity index (χ3v) is 5.80. The van der Waals surface area contributed by atoms with E-state index in [-0.39, 0.29) is 32.9 Å². The number of benzene rings is 1. The maximum Gasteiger partial charge on any atom is 0.445 e. The molecule has 2 aromatic heterocycles. The fourth-order valence-corrected chi connectivity index (χ4v) is 3.80. The molecule has 1 amide bonds. The molecule has 2 N–H and O–H groups in total. The highest BCUT2D eigenvalue weighted by atomic mass is 32.2. The Morgan fingerprint density at radius 3 is 2.56 bits per heavy atom. The summed E-state index contributed by atoms with van der Waals surface area (Å²) >= 11 is 1.05. The van der Waals surface area contributed by atoms with Gasteiger partial charge in [0.25, 0.3) is 5.56 Å². The van der Waals surface area contributed by atoms with Crippen molar-refractivity contribution in [3.63, 3.8) is 0 Å². The molecule has 0 radical (unpaired) electrons. The van der Waals surface area contributed by atoms with Crippen LogP contribution in [0.4, 0.5) is 18.3 Å². The van der Waals surface area contributed by atoms with Crippen molar-refractivity contribution >= 4 is 34.1 Å². The predicted molar refractivity (Wildman–Crippen MR) is 110 cm³/mol. The summed E-state index contributed by atoms with van der Waals surface area (Å²) in [7, 11) is 1.49. The molecule has 0 aliphatic rings. The molecule has 0 saturated carbocycles. The predicted octanol–water partition coefficient (Wildman–Crippen LogP) is 3.31. The van der Waals surface area contributed by atoms with Gasteiger partial charge in [0, 0.05) is 5.56 Å². The Balaban J connectivity index is 1.81. The highest BCUT2D eigenvalue weighted by molar-refractivity contribution is 8.00. The zero-order chi connectivity index (χ0) is 23.5. The van der Waals surface area contributed by atoms with Crippen LogP contribution in [-0.2, 0) is 11.0 Å². The van der Waals surface area contributed by atoms with E-state index in [9.17, 15) is 28.0 Å². The maximum absolute atomic E-state index is 12.6. The fraction of sp³-hybridized carbons (Fsp3) is 0.222. The number of H-pyrrole nitrogens is 1. The summed E-state index contributed by atoms with van der Waals surface area (Å²) in [5.74, 6) is -0.0970. The number of thioether (sulfide) groups is 1. The molecule has 14 heteroatoms. The number of nitrogens with zero attached hydrogens (tertiary/aromatic N) is 4. The topological polar surface area (TPSA) is 134 Å². The van der Waals surface area contributed by atoms with Gasteiger partial charge in [-0.1, -0.05) is 23.1 Å². The molecule has 0 aliphatic heterocycles. The van der Waals surface area contributed by atoms with Crippen molar-refractivity contribution in [3.05, 3.63) is 45.2 Å². The van der Waals surface area contributed by atoms with E-state index in [4.69, 9.17) is 4.74 Å². The van der Waals surface area contributed by atoms with Gasteiger partial charge in [-0.3, -0.25) is 14.9 Å². The van der Waals surface area contributed by atoms with Gasteiger partial charge in [0.2, 0.25) is 16.0 Å². The number of hydrogen-bond donors (Lipinski definition) is 2. The van der Waals surface area contributed by atoms with E-state index < -0.39 is 27.9 Å². The lowest BCUT2D eigenvalue weighted by Gasteiger charge is -2.11. The average Bonchev–Trinajstić information content (AvgIpc) is 3.22. The second-order valence-corrected chi connectivity index (χ2v) is 8.40. The van der Waals surface area contributed by atoms with Gasteiger partial charge in [0.1, 0.15) is 17.4 Å². The fourth-order valence-electron chi connectivity index (χ4n) is 2.39. The van der Waals surface area contributed by atoms with Gasteiger partial charge in [-0.25, -0.2) is 4.98 Å². The number of ether oxygens (including phenoxy) is 1. The standard InChI is InChI=1S/C18H13F3N6O3S2/c1-8(13(28)24-17-27-26-15(32-17)18(19,20)21)31-16-23-12(11(7-22)14(29)25-16)9-3-5-10(30-2)6-4-9/h3-6,8H,1-2H3,(H,23,25,29)(H,24,27,28). The Bertz CT molecular complexity index is 1230. The second kappa shape index (κ2) is 9.37. The van der Waals surface area contributed by atoms with Crippen LogP contribution in [0.1, 0.15) is 17.5 Å². The molecule has 3 aromatic rings. The van der Waals surface area contributed by atoms with Gasteiger partial charge in [-0.15, -0.1) is 10.2 Å². The van der Waals surface area contributed by atoms with Crippen LogP contribution in [0.2, 0.25) is 0 Å². The number of nitriles is 1. The van der Waals surface area contributed by atoms with E-state index in [2.05, 4.69) is 25.5 Å². The Kier molecular flexibility index (Phi) is 6.80. The van der Waals surface area contributed by atoms with Crippen molar-refractivity contribution in [2.45, 2.75) is 23.5 Å². The van der Waals surface area contributed by atoms with Crippen molar-refractivity contribution in [1.82, 2.24) is 20.2 Å². The van der Waals surface area contributed by atoms with Gasteiger partial charge in [-0.05, 0) is 31.2 Å².